The van der Waals surface area contributed by atoms with E-state index >= 15 is 0 Å². The van der Waals surface area contributed by atoms with E-state index in [9.17, 15) is 8.42 Å². The van der Waals surface area contributed by atoms with Gasteiger partial charge in [-0.25, -0.2) is 8.42 Å². The molecule has 8 heteroatoms. The summed E-state index contributed by atoms with van der Waals surface area (Å²) in [6.45, 7) is 3.68. The molecular weight excluding hydrogens is 308 g/mol. The molecule has 1 unspecified atom stereocenters. The molecule has 0 radical (unpaired) electrons. The number of aryl methyl sites for hydroxylation is 1. The summed E-state index contributed by atoms with van der Waals surface area (Å²) in [7, 11) is -2.01. The highest BCUT2D eigenvalue weighted by atomic mass is 32.2. The molecule has 0 bridgehead atoms. The number of sulfonamides is 1. The number of nitrogens with zero attached hydrogens (tertiary/aromatic N) is 2. The highest BCUT2D eigenvalue weighted by Gasteiger charge is 2.31. The van der Waals surface area contributed by atoms with Gasteiger partial charge in [-0.1, -0.05) is 6.07 Å². The summed E-state index contributed by atoms with van der Waals surface area (Å²) in [6, 6.07) is 3.83. The van der Waals surface area contributed by atoms with Crippen molar-refractivity contribution >= 4 is 21.4 Å². The first-order valence-electron chi connectivity index (χ1n) is 6.62. The number of hydrogen-bond donors (Lipinski definition) is 2. The van der Waals surface area contributed by atoms with E-state index < -0.39 is 10.0 Å². The van der Waals surface area contributed by atoms with E-state index in [2.05, 4.69) is 10.2 Å². The molecule has 0 aliphatic carbocycles. The van der Waals surface area contributed by atoms with Crippen LogP contribution < -0.4 is 5.73 Å². The van der Waals surface area contributed by atoms with Crippen molar-refractivity contribution in [3.8, 4) is 0 Å². The third kappa shape index (κ3) is 3.18. The molecule has 0 saturated heterocycles. The number of rotatable bonds is 6. The molecule has 0 fully saturated rings. The maximum absolute atomic E-state index is 12.8. The van der Waals surface area contributed by atoms with Gasteiger partial charge in [-0.05, 0) is 31.7 Å². The van der Waals surface area contributed by atoms with Gasteiger partial charge in [0.2, 0.25) is 10.0 Å². The maximum Gasteiger partial charge on any atom is 0.246 e. The van der Waals surface area contributed by atoms with E-state index in [4.69, 9.17) is 5.73 Å². The first kappa shape index (κ1) is 16.2. The molecule has 1 atom stereocenters. The van der Waals surface area contributed by atoms with Crippen molar-refractivity contribution in [3.63, 3.8) is 0 Å². The van der Waals surface area contributed by atoms with Crippen LogP contribution in [0, 0.1) is 6.92 Å². The highest BCUT2D eigenvalue weighted by molar-refractivity contribution is 7.89. The quantitative estimate of drug-likeness (QED) is 0.840. The standard InChI is InChI=1S/C13H20N4O2S2/c1-9(7-11-5-4-6-20-11)17(3)21(18,19)13-10(2)15-16-12(13)8-14/h4-6,9H,7-8,14H2,1-3H3,(H,15,16). The molecule has 116 valence electrons. The lowest BCUT2D eigenvalue weighted by molar-refractivity contribution is 0.387. The predicted molar refractivity (Wildman–Crippen MR) is 83.6 cm³/mol. The Kier molecular flexibility index (Phi) is 4.82. The van der Waals surface area contributed by atoms with Crippen LogP contribution in [-0.2, 0) is 23.0 Å². The summed E-state index contributed by atoms with van der Waals surface area (Å²) < 4.78 is 26.9. The lowest BCUT2D eigenvalue weighted by Crippen LogP contribution is -2.37. The number of nitrogens with one attached hydrogen (secondary N) is 1. The lowest BCUT2D eigenvalue weighted by atomic mass is 10.2. The number of aromatic nitrogens is 2. The van der Waals surface area contributed by atoms with E-state index in [1.807, 2.05) is 24.4 Å². The van der Waals surface area contributed by atoms with Crippen LogP contribution in [0.25, 0.3) is 0 Å². The van der Waals surface area contributed by atoms with Gasteiger partial charge in [0.25, 0.3) is 0 Å². The van der Waals surface area contributed by atoms with E-state index in [1.54, 1.807) is 25.3 Å². The fourth-order valence-corrected chi connectivity index (χ4v) is 4.70. The molecular formula is C13H20N4O2S2. The first-order chi connectivity index (χ1) is 9.87. The number of likely N-dealkylation sites (N-methyl/N-ethyl adjacent to an activating group) is 1. The summed E-state index contributed by atoms with van der Waals surface area (Å²) in [6.07, 6.45) is 0.683. The van der Waals surface area contributed by atoms with Gasteiger partial charge in [-0.3, -0.25) is 5.10 Å². The number of aromatic amines is 1. The van der Waals surface area contributed by atoms with Gasteiger partial charge in [-0.2, -0.15) is 9.40 Å². The van der Waals surface area contributed by atoms with Crippen LogP contribution in [0.4, 0.5) is 0 Å². The molecule has 0 aliphatic heterocycles. The van der Waals surface area contributed by atoms with Crippen molar-refractivity contribution < 1.29 is 8.42 Å². The Hall–Kier alpha value is -1.22. The van der Waals surface area contributed by atoms with E-state index in [-0.39, 0.29) is 17.5 Å². The molecule has 2 rings (SSSR count). The van der Waals surface area contributed by atoms with Gasteiger partial charge in [0, 0.05) is 24.5 Å². The maximum atomic E-state index is 12.8. The van der Waals surface area contributed by atoms with Gasteiger partial charge in [0.15, 0.2) is 0 Å². The Morgan fingerprint density at radius 3 is 2.81 bits per heavy atom. The molecule has 2 heterocycles. The summed E-state index contributed by atoms with van der Waals surface area (Å²) >= 11 is 1.63. The molecule has 0 spiro atoms. The summed E-state index contributed by atoms with van der Waals surface area (Å²) in [5.41, 5.74) is 6.48. The van der Waals surface area contributed by atoms with Crippen molar-refractivity contribution in [1.29, 1.82) is 0 Å². The van der Waals surface area contributed by atoms with Gasteiger partial charge in [0.1, 0.15) is 4.90 Å². The van der Waals surface area contributed by atoms with Crippen molar-refractivity contribution in [3.05, 3.63) is 33.8 Å². The van der Waals surface area contributed by atoms with Crippen LogP contribution in [0.2, 0.25) is 0 Å². The molecule has 0 amide bonds. The average molecular weight is 328 g/mol. The Bertz CT molecular complexity index is 692. The molecule has 21 heavy (non-hydrogen) atoms. The Morgan fingerprint density at radius 1 is 1.52 bits per heavy atom. The number of hydrogen-bond acceptors (Lipinski definition) is 5. The topological polar surface area (TPSA) is 92.1 Å². The fourth-order valence-electron chi connectivity index (χ4n) is 2.18. The van der Waals surface area contributed by atoms with Crippen LogP contribution in [0.1, 0.15) is 23.2 Å². The van der Waals surface area contributed by atoms with Gasteiger partial charge in [-0.15, -0.1) is 11.3 Å². The van der Waals surface area contributed by atoms with Crippen LogP contribution in [-0.4, -0.2) is 36.0 Å². The van der Waals surface area contributed by atoms with Crippen molar-refractivity contribution in [2.24, 2.45) is 5.73 Å². The van der Waals surface area contributed by atoms with Crippen molar-refractivity contribution in [2.45, 2.75) is 37.8 Å². The number of H-pyrrole nitrogens is 1. The van der Waals surface area contributed by atoms with E-state index in [0.29, 0.717) is 17.8 Å². The van der Waals surface area contributed by atoms with Crippen molar-refractivity contribution in [1.82, 2.24) is 14.5 Å². The summed E-state index contributed by atoms with van der Waals surface area (Å²) in [5.74, 6) is 0. The molecule has 2 aromatic rings. The third-order valence-electron chi connectivity index (χ3n) is 3.49. The van der Waals surface area contributed by atoms with E-state index in [0.717, 1.165) is 4.88 Å². The average Bonchev–Trinajstić information content (AvgIpc) is 3.06. The molecule has 3 N–H and O–H groups in total. The fraction of sp³-hybridized carbons (Fsp3) is 0.462. The lowest BCUT2D eigenvalue weighted by Gasteiger charge is -2.24. The molecule has 2 aromatic heterocycles. The van der Waals surface area contributed by atoms with Gasteiger partial charge >= 0.3 is 0 Å². The highest BCUT2D eigenvalue weighted by Crippen LogP contribution is 2.24. The third-order valence-corrected chi connectivity index (χ3v) is 6.56. The molecule has 0 aliphatic rings. The SMILES string of the molecule is Cc1[nH]nc(CN)c1S(=O)(=O)N(C)C(C)Cc1cccs1. The Balaban J connectivity index is 2.28. The summed E-state index contributed by atoms with van der Waals surface area (Å²) in [4.78, 5) is 1.36. The largest absolute Gasteiger partial charge is 0.325 e. The van der Waals surface area contributed by atoms with Crippen LogP contribution in [0.3, 0.4) is 0 Å². The zero-order valence-electron chi connectivity index (χ0n) is 12.3. The Morgan fingerprint density at radius 2 is 2.24 bits per heavy atom. The second kappa shape index (κ2) is 6.27. The van der Waals surface area contributed by atoms with Crippen LogP contribution >= 0.6 is 11.3 Å². The zero-order chi connectivity index (χ0) is 15.6. The predicted octanol–water partition coefficient (Wildman–Crippen LogP) is 1.49. The van der Waals surface area contributed by atoms with Gasteiger partial charge in [0.05, 0.1) is 11.4 Å². The van der Waals surface area contributed by atoms with Crippen molar-refractivity contribution in [2.75, 3.05) is 7.05 Å². The normalized spacial score (nSPS) is 13.8. The van der Waals surface area contributed by atoms with Crippen LogP contribution in [0.5, 0.6) is 0 Å². The van der Waals surface area contributed by atoms with Crippen LogP contribution in [0.15, 0.2) is 22.4 Å². The monoisotopic (exact) mass is 328 g/mol. The zero-order valence-corrected chi connectivity index (χ0v) is 14.0. The minimum Gasteiger partial charge on any atom is -0.325 e. The first-order valence-corrected chi connectivity index (χ1v) is 8.94. The Labute approximate surface area is 129 Å². The second-order valence-electron chi connectivity index (χ2n) is 4.98. The second-order valence-corrected chi connectivity index (χ2v) is 7.95. The molecule has 0 saturated carbocycles. The minimum absolute atomic E-state index is 0.0893. The summed E-state index contributed by atoms with van der Waals surface area (Å²) in [5, 5.41) is 8.65. The molecule has 6 nitrogen and oxygen atoms in total. The minimum atomic E-state index is -3.61. The van der Waals surface area contributed by atoms with E-state index in [1.165, 1.54) is 4.31 Å². The number of nitrogens with two attached hydrogens (primary N) is 1. The van der Waals surface area contributed by atoms with Gasteiger partial charge < -0.3 is 5.73 Å². The number of thiophene rings is 1. The smallest absolute Gasteiger partial charge is 0.246 e. The molecule has 0 aromatic carbocycles.